The monoisotopic (exact) mass is 216 g/mol. The number of aliphatic hydroxyl groups is 1. The summed E-state index contributed by atoms with van der Waals surface area (Å²) < 4.78 is 0. The molecule has 4 nitrogen and oxygen atoms in total. The van der Waals surface area contributed by atoms with E-state index in [1.165, 1.54) is 0 Å². The van der Waals surface area contributed by atoms with Crippen molar-refractivity contribution in [3.63, 3.8) is 0 Å². The van der Waals surface area contributed by atoms with Crippen LogP contribution >= 0.6 is 0 Å². The molecule has 90 valence electrons. The topological polar surface area (TPSA) is 61.4 Å². The number of nitrogens with one attached hydrogen (secondary N) is 2. The van der Waals surface area contributed by atoms with Crippen molar-refractivity contribution in [1.29, 1.82) is 0 Å². The Hall–Kier alpha value is -0.610. The highest BCUT2D eigenvalue weighted by atomic mass is 16.3. The molecule has 0 aliphatic carbocycles. The van der Waals surface area contributed by atoms with Gasteiger partial charge in [-0.05, 0) is 24.8 Å². The minimum absolute atomic E-state index is 0.0893. The standard InChI is InChI=1S/C11H24N2O2/c1-11(2,6-8-14)9-13-7-4-5-10(15)12-3/h13-14H,4-9H2,1-3H3,(H,12,15). The number of carbonyl (C=O) groups is 1. The SMILES string of the molecule is CNC(=O)CCCNCC(C)(C)CCO. The smallest absolute Gasteiger partial charge is 0.219 e. The van der Waals surface area contributed by atoms with Crippen molar-refractivity contribution in [1.82, 2.24) is 10.6 Å². The molecular weight excluding hydrogens is 192 g/mol. The van der Waals surface area contributed by atoms with Crippen LogP contribution in [0.2, 0.25) is 0 Å². The zero-order valence-electron chi connectivity index (χ0n) is 10.1. The van der Waals surface area contributed by atoms with Gasteiger partial charge in [0.1, 0.15) is 0 Å². The van der Waals surface area contributed by atoms with E-state index in [0.717, 1.165) is 25.9 Å². The average Bonchev–Trinajstić information content (AvgIpc) is 2.16. The normalized spacial score (nSPS) is 11.5. The lowest BCUT2D eigenvalue weighted by Gasteiger charge is -2.23. The van der Waals surface area contributed by atoms with Crippen LogP contribution in [-0.2, 0) is 4.79 Å². The minimum Gasteiger partial charge on any atom is -0.396 e. The molecule has 0 bridgehead atoms. The van der Waals surface area contributed by atoms with Gasteiger partial charge in [0.2, 0.25) is 5.91 Å². The van der Waals surface area contributed by atoms with E-state index in [-0.39, 0.29) is 17.9 Å². The van der Waals surface area contributed by atoms with Crippen molar-refractivity contribution in [3.8, 4) is 0 Å². The van der Waals surface area contributed by atoms with E-state index in [4.69, 9.17) is 5.11 Å². The van der Waals surface area contributed by atoms with Crippen LogP contribution in [-0.4, -0.2) is 37.8 Å². The third kappa shape index (κ3) is 8.39. The highest BCUT2D eigenvalue weighted by Gasteiger charge is 2.15. The Morgan fingerprint density at radius 2 is 2.07 bits per heavy atom. The summed E-state index contributed by atoms with van der Waals surface area (Å²) in [7, 11) is 1.65. The maximum absolute atomic E-state index is 10.9. The molecule has 0 spiro atoms. The van der Waals surface area contributed by atoms with E-state index in [1.807, 2.05) is 0 Å². The van der Waals surface area contributed by atoms with Crippen LogP contribution < -0.4 is 10.6 Å². The van der Waals surface area contributed by atoms with E-state index < -0.39 is 0 Å². The number of amides is 1. The number of hydrogen-bond donors (Lipinski definition) is 3. The zero-order chi connectivity index (χ0) is 11.7. The van der Waals surface area contributed by atoms with E-state index in [9.17, 15) is 4.79 Å². The fourth-order valence-corrected chi connectivity index (χ4v) is 1.32. The fourth-order valence-electron chi connectivity index (χ4n) is 1.32. The maximum atomic E-state index is 10.9. The van der Waals surface area contributed by atoms with Crippen molar-refractivity contribution < 1.29 is 9.90 Å². The quantitative estimate of drug-likeness (QED) is 0.518. The zero-order valence-corrected chi connectivity index (χ0v) is 10.1. The molecule has 0 unspecified atom stereocenters. The molecular formula is C11H24N2O2. The largest absolute Gasteiger partial charge is 0.396 e. The Kier molecular flexibility index (Phi) is 7.34. The van der Waals surface area contributed by atoms with E-state index in [1.54, 1.807) is 7.05 Å². The molecule has 0 saturated heterocycles. The first-order chi connectivity index (χ1) is 7.02. The highest BCUT2D eigenvalue weighted by Crippen LogP contribution is 2.17. The van der Waals surface area contributed by atoms with Gasteiger partial charge in [0.25, 0.3) is 0 Å². The lowest BCUT2D eigenvalue weighted by molar-refractivity contribution is -0.120. The molecule has 0 rings (SSSR count). The Morgan fingerprint density at radius 3 is 2.60 bits per heavy atom. The van der Waals surface area contributed by atoms with Crippen molar-refractivity contribution in [3.05, 3.63) is 0 Å². The summed E-state index contributed by atoms with van der Waals surface area (Å²) in [5, 5.41) is 14.7. The van der Waals surface area contributed by atoms with Crippen molar-refractivity contribution in [2.24, 2.45) is 5.41 Å². The molecule has 0 aromatic rings. The van der Waals surface area contributed by atoms with Crippen LogP contribution in [0, 0.1) is 5.41 Å². The van der Waals surface area contributed by atoms with Gasteiger partial charge in [-0.15, -0.1) is 0 Å². The Labute approximate surface area is 92.4 Å². The molecule has 0 aliphatic heterocycles. The van der Waals surface area contributed by atoms with Crippen molar-refractivity contribution >= 4 is 5.91 Å². The second kappa shape index (κ2) is 7.65. The Bertz CT molecular complexity index is 181. The highest BCUT2D eigenvalue weighted by molar-refractivity contribution is 5.75. The van der Waals surface area contributed by atoms with Gasteiger partial charge in [-0.3, -0.25) is 4.79 Å². The summed E-state index contributed by atoms with van der Waals surface area (Å²) in [5.41, 5.74) is 0.127. The lowest BCUT2D eigenvalue weighted by Crippen LogP contribution is -2.31. The van der Waals surface area contributed by atoms with Crippen LogP contribution in [0.5, 0.6) is 0 Å². The van der Waals surface area contributed by atoms with Crippen molar-refractivity contribution in [2.75, 3.05) is 26.7 Å². The molecule has 4 heteroatoms. The number of rotatable bonds is 8. The molecule has 0 radical (unpaired) electrons. The lowest BCUT2D eigenvalue weighted by atomic mass is 9.90. The molecule has 0 saturated carbocycles. The van der Waals surface area contributed by atoms with Gasteiger partial charge in [-0.1, -0.05) is 13.8 Å². The van der Waals surface area contributed by atoms with Gasteiger partial charge < -0.3 is 15.7 Å². The summed E-state index contributed by atoms with van der Waals surface area (Å²) in [6.07, 6.45) is 2.23. The Balaban J connectivity index is 3.41. The van der Waals surface area contributed by atoms with Gasteiger partial charge in [0.15, 0.2) is 0 Å². The molecule has 0 aromatic carbocycles. The van der Waals surface area contributed by atoms with Gasteiger partial charge in [-0.2, -0.15) is 0 Å². The molecule has 0 fully saturated rings. The van der Waals surface area contributed by atoms with Gasteiger partial charge >= 0.3 is 0 Å². The molecule has 0 aliphatic rings. The molecule has 0 heterocycles. The number of aliphatic hydroxyl groups excluding tert-OH is 1. The van der Waals surface area contributed by atoms with Crippen molar-refractivity contribution in [2.45, 2.75) is 33.1 Å². The summed E-state index contributed by atoms with van der Waals surface area (Å²) >= 11 is 0. The van der Waals surface area contributed by atoms with Gasteiger partial charge in [0.05, 0.1) is 0 Å². The van der Waals surface area contributed by atoms with E-state index in [0.29, 0.717) is 6.42 Å². The average molecular weight is 216 g/mol. The summed E-state index contributed by atoms with van der Waals surface area (Å²) in [5.74, 6) is 0.0893. The first-order valence-corrected chi connectivity index (χ1v) is 5.54. The van der Waals surface area contributed by atoms with E-state index in [2.05, 4.69) is 24.5 Å². The van der Waals surface area contributed by atoms with Crippen LogP contribution in [0.4, 0.5) is 0 Å². The second-order valence-corrected chi connectivity index (χ2v) is 4.59. The molecule has 3 N–H and O–H groups in total. The van der Waals surface area contributed by atoms with Crippen LogP contribution in [0.3, 0.4) is 0 Å². The second-order valence-electron chi connectivity index (χ2n) is 4.59. The van der Waals surface area contributed by atoms with Crippen LogP contribution in [0.25, 0.3) is 0 Å². The van der Waals surface area contributed by atoms with Gasteiger partial charge in [0, 0.05) is 26.6 Å². The third-order valence-corrected chi connectivity index (χ3v) is 2.43. The number of hydrogen-bond acceptors (Lipinski definition) is 3. The summed E-state index contributed by atoms with van der Waals surface area (Å²) in [6.45, 7) is 6.19. The molecule has 15 heavy (non-hydrogen) atoms. The summed E-state index contributed by atoms with van der Waals surface area (Å²) in [6, 6.07) is 0. The predicted octanol–water partition coefficient (Wildman–Crippen LogP) is 0.511. The number of carbonyl (C=O) groups excluding carboxylic acids is 1. The fraction of sp³-hybridized carbons (Fsp3) is 0.909. The first-order valence-electron chi connectivity index (χ1n) is 5.54. The van der Waals surface area contributed by atoms with E-state index >= 15 is 0 Å². The maximum Gasteiger partial charge on any atom is 0.219 e. The third-order valence-electron chi connectivity index (χ3n) is 2.43. The Morgan fingerprint density at radius 1 is 1.40 bits per heavy atom. The summed E-state index contributed by atoms with van der Waals surface area (Å²) in [4.78, 5) is 10.9. The predicted molar refractivity (Wildman–Crippen MR) is 61.7 cm³/mol. The molecule has 1 amide bonds. The molecule has 0 aromatic heterocycles. The van der Waals surface area contributed by atoms with Crippen LogP contribution in [0.1, 0.15) is 33.1 Å². The minimum atomic E-state index is 0.0893. The first kappa shape index (κ1) is 14.4. The van der Waals surface area contributed by atoms with Gasteiger partial charge in [-0.25, -0.2) is 0 Å². The van der Waals surface area contributed by atoms with Crippen LogP contribution in [0.15, 0.2) is 0 Å². The molecule has 0 atom stereocenters.